The van der Waals surface area contributed by atoms with Crippen molar-refractivity contribution < 1.29 is 14.2 Å². The lowest BCUT2D eigenvalue weighted by Crippen LogP contribution is -2.55. The summed E-state index contributed by atoms with van der Waals surface area (Å²) in [6.07, 6.45) is 7.85. The summed E-state index contributed by atoms with van der Waals surface area (Å²) in [7, 11) is 3.48. The Labute approximate surface area is 141 Å². The van der Waals surface area contributed by atoms with E-state index in [1.165, 1.54) is 29.5 Å². The lowest BCUT2D eigenvalue weighted by molar-refractivity contribution is 0.0869. The highest BCUT2D eigenvalue weighted by atomic mass is 16.6. The lowest BCUT2D eigenvalue weighted by atomic mass is 9.62. The molecule has 2 heterocycles. The Balaban J connectivity index is 1.72. The molecule has 0 radical (unpaired) electrons. The average molecular weight is 323 g/mol. The van der Waals surface area contributed by atoms with Crippen LogP contribution in [0.25, 0.3) is 0 Å². The van der Waals surface area contributed by atoms with Crippen LogP contribution in [0, 0.1) is 5.92 Å². The Hall–Kier alpha value is -1.94. The molecule has 0 aromatic heterocycles. The van der Waals surface area contributed by atoms with E-state index in [2.05, 4.69) is 29.6 Å². The van der Waals surface area contributed by atoms with Gasteiger partial charge in [0.2, 0.25) is 0 Å². The fourth-order valence-electron chi connectivity index (χ4n) is 6.21. The molecule has 5 unspecified atom stereocenters. The van der Waals surface area contributed by atoms with Gasteiger partial charge in [0, 0.05) is 17.6 Å². The topological polar surface area (TPSA) is 39.7 Å². The average Bonchev–Trinajstić information content (AvgIpc) is 3.26. The largest absolute Gasteiger partial charge is 0.497 e. The Morgan fingerprint density at radius 3 is 2.96 bits per heavy atom. The van der Waals surface area contributed by atoms with Gasteiger partial charge in [0.05, 0.1) is 19.6 Å². The minimum Gasteiger partial charge on any atom is -0.497 e. The SMILES string of the molecule is COC1=CC=C2C3CC4C(CCc5ccc(OC)c6c5C24C1O6)N3. The Kier molecular flexibility index (Phi) is 2.32. The second-order valence-electron chi connectivity index (χ2n) is 7.60. The predicted octanol–water partition coefficient (Wildman–Crippen LogP) is 2.47. The van der Waals surface area contributed by atoms with Gasteiger partial charge in [-0.25, -0.2) is 0 Å². The number of fused-ring (bicyclic) bond motifs is 2. The van der Waals surface area contributed by atoms with Crippen molar-refractivity contribution >= 4 is 0 Å². The molecule has 1 aromatic carbocycles. The minimum atomic E-state index is -0.0591. The number of hydrogen-bond acceptors (Lipinski definition) is 4. The Bertz CT molecular complexity index is 826. The van der Waals surface area contributed by atoms with Crippen molar-refractivity contribution in [3.63, 3.8) is 0 Å². The van der Waals surface area contributed by atoms with E-state index in [0.717, 1.165) is 23.7 Å². The van der Waals surface area contributed by atoms with Gasteiger partial charge in [-0.2, -0.15) is 0 Å². The molecule has 5 atom stereocenters. The van der Waals surface area contributed by atoms with Crippen LogP contribution in [0.15, 0.2) is 35.6 Å². The van der Waals surface area contributed by atoms with Crippen LogP contribution in [-0.4, -0.2) is 32.4 Å². The van der Waals surface area contributed by atoms with Crippen LogP contribution in [0.3, 0.4) is 0 Å². The van der Waals surface area contributed by atoms with Crippen molar-refractivity contribution in [2.75, 3.05) is 14.2 Å². The zero-order chi connectivity index (χ0) is 16.1. The van der Waals surface area contributed by atoms with Gasteiger partial charge < -0.3 is 19.5 Å². The number of benzene rings is 1. The maximum absolute atomic E-state index is 6.57. The van der Waals surface area contributed by atoms with Crippen molar-refractivity contribution in [3.8, 4) is 11.5 Å². The van der Waals surface area contributed by atoms with Crippen LogP contribution in [0.1, 0.15) is 24.0 Å². The van der Waals surface area contributed by atoms with Crippen LogP contribution >= 0.6 is 0 Å². The quantitative estimate of drug-likeness (QED) is 0.908. The number of hydrogen-bond donors (Lipinski definition) is 1. The van der Waals surface area contributed by atoms with E-state index in [9.17, 15) is 0 Å². The normalized spacial score (nSPS) is 39.6. The first-order chi connectivity index (χ1) is 11.8. The van der Waals surface area contributed by atoms with Crippen LogP contribution in [0.2, 0.25) is 0 Å². The van der Waals surface area contributed by atoms with Crippen molar-refractivity contribution in [1.82, 2.24) is 5.32 Å². The van der Waals surface area contributed by atoms with E-state index in [1.807, 2.05) is 0 Å². The minimum absolute atomic E-state index is 0.0507. The molecular formula is C20H21NO3. The van der Waals surface area contributed by atoms with Gasteiger partial charge in [-0.15, -0.1) is 0 Å². The number of ether oxygens (including phenoxy) is 3. The van der Waals surface area contributed by atoms with Gasteiger partial charge in [-0.3, -0.25) is 0 Å². The summed E-state index contributed by atoms with van der Waals surface area (Å²) in [5.74, 6) is 3.31. The molecule has 124 valence electrons. The number of nitrogens with one attached hydrogen (secondary N) is 1. The predicted molar refractivity (Wildman–Crippen MR) is 89.4 cm³/mol. The molecule has 1 spiro atoms. The summed E-state index contributed by atoms with van der Waals surface area (Å²) < 4.78 is 18.0. The molecule has 5 aliphatic rings. The first-order valence-electron chi connectivity index (χ1n) is 8.88. The molecule has 24 heavy (non-hydrogen) atoms. The molecule has 2 fully saturated rings. The van der Waals surface area contributed by atoms with E-state index in [0.29, 0.717) is 18.0 Å². The third-order valence-electron chi connectivity index (χ3n) is 6.97. The fourth-order valence-corrected chi connectivity index (χ4v) is 6.21. The molecule has 2 aliphatic heterocycles. The molecule has 4 heteroatoms. The van der Waals surface area contributed by atoms with Crippen molar-refractivity contribution in [1.29, 1.82) is 0 Å². The summed E-state index contributed by atoms with van der Waals surface area (Å²) in [6.45, 7) is 0. The fraction of sp³-hybridized carbons (Fsp3) is 0.500. The molecule has 3 aliphatic carbocycles. The van der Waals surface area contributed by atoms with Crippen molar-refractivity contribution in [3.05, 3.63) is 46.7 Å². The summed E-state index contributed by atoms with van der Waals surface area (Å²) in [6, 6.07) is 5.36. The molecule has 0 amide bonds. The van der Waals surface area contributed by atoms with Crippen molar-refractivity contribution in [2.45, 2.75) is 42.9 Å². The van der Waals surface area contributed by atoms with Gasteiger partial charge in [0.1, 0.15) is 5.76 Å². The van der Waals surface area contributed by atoms with Crippen LogP contribution in [0.4, 0.5) is 0 Å². The number of rotatable bonds is 2. The number of allylic oxidation sites excluding steroid dienone is 2. The lowest BCUT2D eigenvalue weighted by Gasteiger charge is -2.44. The molecule has 1 N–H and O–H groups in total. The zero-order valence-corrected chi connectivity index (χ0v) is 14.0. The van der Waals surface area contributed by atoms with Gasteiger partial charge in [0.25, 0.3) is 0 Å². The van der Waals surface area contributed by atoms with Crippen LogP contribution < -0.4 is 14.8 Å². The molecule has 1 aromatic rings. The van der Waals surface area contributed by atoms with Gasteiger partial charge in [0.15, 0.2) is 17.6 Å². The third-order valence-corrected chi connectivity index (χ3v) is 6.97. The number of piperidine rings is 1. The highest BCUT2D eigenvalue weighted by Crippen LogP contribution is 2.67. The maximum atomic E-state index is 6.57. The molecule has 2 bridgehead atoms. The molecule has 6 rings (SSSR count). The summed E-state index contributed by atoms with van der Waals surface area (Å²) in [5, 5.41) is 3.87. The van der Waals surface area contributed by atoms with E-state index in [1.54, 1.807) is 14.2 Å². The molecule has 4 nitrogen and oxygen atoms in total. The summed E-state index contributed by atoms with van der Waals surface area (Å²) in [4.78, 5) is 0. The second-order valence-corrected chi connectivity index (χ2v) is 7.60. The highest BCUT2D eigenvalue weighted by molar-refractivity contribution is 5.68. The molecule has 1 saturated carbocycles. The Morgan fingerprint density at radius 1 is 1.21 bits per heavy atom. The van der Waals surface area contributed by atoms with E-state index < -0.39 is 0 Å². The maximum Gasteiger partial charge on any atom is 0.169 e. The molecular weight excluding hydrogens is 302 g/mol. The van der Waals surface area contributed by atoms with E-state index in [4.69, 9.17) is 14.2 Å². The van der Waals surface area contributed by atoms with Gasteiger partial charge in [-0.1, -0.05) is 12.1 Å². The zero-order valence-electron chi connectivity index (χ0n) is 14.0. The number of aryl methyl sites for hydroxylation is 1. The molecule has 1 saturated heterocycles. The first kappa shape index (κ1) is 13.4. The Morgan fingerprint density at radius 2 is 2.12 bits per heavy atom. The monoisotopic (exact) mass is 323 g/mol. The number of methoxy groups -OCH3 is 2. The second kappa shape index (κ2) is 4.17. The van der Waals surface area contributed by atoms with Gasteiger partial charge in [-0.05, 0) is 48.5 Å². The first-order valence-corrected chi connectivity index (χ1v) is 8.88. The standard InChI is InChI=1S/C20H21NO3/c1-22-15-7-4-10-3-6-13-12-9-14(21-13)11-5-8-16(23-2)19-20(11,12)17(10)18(15)24-19/h4-5,7-8,12-14,19,21H,3,6,9H2,1-2H3. The van der Waals surface area contributed by atoms with E-state index >= 15 is 0 Å². The van der Waals surface area contributed by atoms with Crippen molar-refractivity contribution in [2.24, 2.45) is 5.92 Å². The summed E-state index contributed by atoms with van der Waals surface area (Å²) in [5.41, 5.74) is 4.24. The summed E-state index contributed by atoms with van der Waals surface area (Å²) >= 11 is 0. The third kappa shape index (κ3) is 1.23. The van der Waals surface area contributed by atoms with E-state index in [-0.39, 0.29) is 11.5 Å². The van der Waals surface area contributed by atoms with Gasteiger partial charge >= 0.3 is 0 Å². The highest BCUT2D eigenvalue weighted by Gasteiger charge is 2.70. The van der Waals surface area contributed by atoms with Crippen LogP contribution in [0.5, 0.6) is 11.5 Å². The smallest absolute Gasteiger partial charge is 0.169 e. The van der Waals surface area contributed by atoms with Crippen LogP contribution in [-0.2, 0) is 16.6 Å².